The molecule has 8 aromatic carbocycles. The fourth-order valence-electron chi connectivity index (χ4n) is 9.65. The summed E-state index contributed by atoms with van der Waals surface area (Å²) in [6, 6.07) is 66.3. The van der Waals surface area contributed by atoms with Crippen molar-refractivity contribution in [3.05, 3.63) is 204 Å². The Labute approximate surface area is 300 Å². The second kappa shape index (κ2) is 10.1. The zero-order valence-electron chi connectivity index (χ0n) is 28.1. The third-order valence-corrected chi connectivity index (χ3v) is 11.6. The van der Waals surface area contributed by atoms with Gasteiger partial charge < -0.3 is 13.9 Å². The predicted molar refractivity (Wildman–Crippen MR) is 212 cm³/mol. The third kappa shape index (κ3) is 3.36. The quantitative estimate of drug-likeness (QED) is 0.180. The molecule has 0 atom stereocenters. The van der Waals surface area contributed by atoms with Crippen LogP contribution in [0.15, 0.2) is 182 Å². The lowest BCUT2D eigenvalue weighted by Gasteiger charge is -2.39. The molecule has 52 heavy (non-hydrogen) atoms. The van der Waals surface area contributed by atoms with Gasteiger partial charge in [0.05, 0.1) is 27.5 Å². The summed E-state index contributed by atoms with van der Waals surface area (Å²) in [5.74, 6) is 1.81. The summed E-state index contributed by atoms with van der Waals surface area (Å²) >= 11 is 0. The summed E-state index contributed by atoms with van der Waals surface area (Å²) in [6.07, 6.45) is 0. The number of fused-ring (bicyclic) bond motifs is 17. The van der Waals surface area contributed by atoms with E-state index in [1.54, 1.807) is 0 Å². The van der Waals surface area contributed by atoms with Crippen LogP contribution in [0.1, 0.15) is 22.3 Å². The number of hydrogen-bond acceptors (Lipinski definition) is 1. The van der Waals surface area contributed by atoms with Gasteiger partial charge in [0.15, 0.2) is 0 Å². The van der Waals surface area contributed by atoms with Crippen molar-refractivity contribution >= 4 is 43.6 Å². The van der Waals surface area contributed by atoms with Gasteiger partial charge in [0.25, 0.3) is 0 Å². The Balaban J connectivity index is 1.34. The molecule has 0 saturated heterocycles. The summed E-state index contributed by atoms with van der Waals surface area (Å²) in [5.41, 5.74) is 14.0. The van der Waals surface area contributed by atoms with Crippen LogP contribution >= 0.6 is 0 Å². The topological polar surface area (TPSA) is 19.1 Å². The summed E-state index contributed by atoms with van der Waals surface area (Å²) in [6.45, 7) is 0. The maximum atomic E-state index is 6.65. The minimum atomic E-state index is -0.544. The number of hydrogen-bond donors (Lipinski definition) is 0. The van der Waals surface area contributed by atoms with Crippen molar-refractivity contribution in [1.82, 2.24) is 9.13 Å². The smallest absolute Gasteiger partial charge is 0.132 e. The van der Waals surface area contributed by atoms with Crippen LogP contribution in [-0.4, -0.2) is 9.13 Å². The second-order valence-electron chi connectivity index (χ2n) is 14.0. The van der Waals surface area contributed by atoms with E-state index in [4.69, 9.17) is 4.74 Å². The maximum absolute atomic E-state index is 6.65. The average molecular weight is 663 g/mol. The number of nitrogens with zero attached hydrogens (tertiary/aromatic N) is 2. The Morgan fingerprint density at radius 3 is 1.56 bits per heavy atom. The van der Waals surface area contributed by atoms with Crippen LogP contribution in [0.3, 0.4) is 0 Å². The fraction of sp³-hybridized carbons (Fsp3) is 0.0204. The lowest BCUT2D eigenvalue weighted by atomic mass is 9.66. The molecule has 10 aromatic rings. The van der Waals surface area contributed by atoms with E-state index in [0.29, 0.717) is 0 Å². The Hall–Kier alpha value is -6.84. The van der Waals surface area contributed by atoms with E-state index in [0.717, 1.165) is 22.9 Å². The van der Waals surface area contributed by atoms with Crippen LogP contribution in [0.5, 0.6) is 11.5 Å². The van der Waals surface area contributed by atoms with Gasteiger partial charge in [-0.3, -0.25) is 0 Å². The molecular formula is C49H30N2O. The lowest BCUT2D eigenvalue weighted by molar-refractivity contribution is 0.436. The van der Waals surface area contributed by atoms with Crippen LogP contribution in [-0.2, 0) is 5.41 Å². The fourth-order valence-corrected chi connectivity index (χ4v) is 9.65. The maximum Gasteiger partial charge on any atom is 0.132 e. The highest BCUT2D eigenvalue weighted by atomic mass is 16.5. The Kier molecular flexibility index (Phi) is 5.43. The second-order valence-corrected chi connectivity index (χ2v) is 14.0. The van der Waals surface area contributed by atoms with E-state index in [1.807, 2.05) is 0 Å². The SMILES string of the molecule is c1ccc(-n2c3ccccc3c3ccc4c5ccc6c(c5n(-c5ccccc5)c4c32)-c2ccccc2C62c3ccccc3Oc3ccccc32)cc1. The standard InChI is InChI=1S/C49H30N2O/c1-3-15-31(16-4-1)50-42-24-12-8-19-33(42)34-27-28-36-35-29-30-41-45(46(35)51(48(36)47(34)50)32-17-5-2-6-18-32)37-20-7-9-21-38(37)49(41)39-22-10-13-25-43(39)52-44-26-14-11-23-40(44)49/h1-30H. The molecule has 0 saturated carbocycles. The molecule has 0 N–H and O–H groups in total. The van der Waals surface area contributed by atoms with Crippen molar-refractivity contribution in [3.63, 3.8) is 0 Å². The summed E-state index contributed by atoms with van der Waals surface area (Å²) in [7, 11) is 0. The highest BCUT2D eigenvalue weighted by molar-refractivity contribution is 6.26. The Morgan fingerprint density at radius 1 is 0.346 bits per heavy atom. The largest absolute Gasteiger partial charge is 0.457 e. The monoisotopic (exact) mass is 662 g/mol. The van der Waals surface area contributed by atoms with Gasteiger partial charge in [-0.05, 0) is 59.2 Å². The molecule has 1 spiro atoms. The Morgan fingerprint density at radius 2 is 0.846 bits per heavy atom. The van der Waals surface area contributed by atoms with Crippen molar-refractivity contribution in [3.8, 4) is 34.0 Å². The number of ether oxygens (including phenoxy) is 1. The molecule has 1 aliphatic carbocycles. The first-order valence-electron chi connectivity index (χ1n) is 18.0. The van der Waals surface area contributed by atoms with E-state index in [-0.39, 0.29) is 0 Å². The molecule has 0 radical (unpaired) electrons. The molecule has 12 rings (SSSR count). The molecule has 3 nitrogen and oxygen atoms in total. The number of para-hydroxylation sites is 5. The first kappa shape index (κ1) is 27.9. The van der Waals surface area contributed by atoms with Crippen molar-refractivity contribution < 1.29 is 4.74 Å². The number of benzene rings is 8. The minimum Gasteiger partial charge on any atom is -0.457 e. The molecule has 242 valence electrons. The molecule has 0 fully saturated rings. The minimum absolute atomic E-state index is 0.544. The molecule has 0 bridgehead atoms. The molecule has 0 amide bonds. The van der Waals surface area contributed by atoms with E-state index < -0.39 is 5.41 Å². The predicted octanol–water partition coefficient (Wildman–Crippen LogP) is 12.3. The first-order valence-corrected chi connectivity index (χ1v) is 18.0. The van der Waals surface area contributed by atoms with Crippen molar-refractivity contribution in [2.75, 3.05) is 0 Å². The van der Waals surface area contributed by atoms with Gasteiger partial charge in [0.1, 0.15) is 11.5 Å². The number of rotatable bonds is 2. The molecule has 3 heterocycles. The van der Waals surface area contributed by atoms with Gasteiger partial charge in [0.2, 0.25) is 0 Å². The van der Waals surface area contributed by atoms with Crippen LogP contribution in [0.2, 0.25) is 0 Å². The van der Waals surface area contributed by atoms with Gasteiger partial charge in [-0.15, -0.1) is 0 Å². The van der Waals surface area contributed by atoms with Gasteiger partial charge in [-0.25, -0.2) is 0 Å². The van der Waals surface area contributed by atoms with Crippen LogP contribution in [0, 0.1) is 0 Å². The van der Waals surface area contributed by atoms with E-state index in [2.05, 4.69) is 191 Å². The Bertz CT molecular complexity index is 3050. The first-order chi connectivity index (χ1) is 25.8. The third-order valence-electron chi connectivity index (χ3n) is 11.6. The molecule has 0 unspecified atom stereocenters. The molecule has 1 aliphatic heterocycles. The van der Waals surface area contributed by atoms with Gasteiger partial charge in [0, 0.05) is 49.6 Å². The van der Waals surface area contributed by atoms with Gasteiger partial charge in [-0.1, -0.05) is 140 Å². The van der Waals surface area contributed by atoms with Crippen LogP contribution in [0.25, 0.3) is 66.1 Å². The van der Waals surface area contributed by atoms with Crippen LogP contribution < -0.4 is 4.74 Å². The van der Waals surface area contributed by atoms with Crippen molar-refractivity contribution in [1.29, 1.82) is 0 Å². The molecule has 2 aromatic heterocycles. The van der Waals surface area contributed by atoms with Crippen molar-refractivity contribution in [2.45, 2.75) is 5.41 Å². The van der Waals surface area contributed by atoms with Gasteiger partial charge in [-0.2, -0.15) is 0 Å². The normalized spacial score (nSPS) is 13.7. The highest BCUT2D eigenvalue weighted by Crippen LogP contribution is 2.63. The highest BCUT2D eigenvalue weighted by Gasteiger charge is 2.51. The zero-order chi connectivity index (χ0) is 34.0. The summed E-state index contributed by atoms with van der Waals surface area (Å²) in [5, 5.41) is 4.97. The molecule has 3 heteroatoms. The number of aromatic nitrogens is 2. The zero-order valence-corrected chi connectivity index (χ0v) is 28.1. The average Bonchev–Trinajstić information content (AvgIpc) is 3.83. The molecule has 2 aliphatic rings. The van der Waals surface area contributed by atoms with E-state index >= 15 is 0 Å². The summed E-state index contributed by atoms with van der Waals surface area (Å²) < 4.78 is 11.7. The van der Waals surface area contributed by atoms with Gasteiger partial charge >= 0.3 is 0 Å². The summed E-state index contributed by atoms with van der Waals surface area (Å²) in [4.78, 5) is 0. The van der Waals surface area contributed by atoms with E-state index in [9.17, 15) is 0 Å². The lowest BCUT2D eigenvalue weighted by Crippen LogP contribution is -2.32. The molecular weight excluding hydrogens is 633 g/mol. The van der Waals surface area contributed by atoms with Crippen LogP contribution in [0.4, 0.5) is 0 Å². The van der Waals surface area contributed by atoms with Crippen molar-refractivity contribution in [2.24, 2.45) is 0 Å². The van der Waals surface area contributed by atoms with E-state index in [1.165, 1.54) is 77.0 Å².